The van der Waals surface area contributed by atoms with Crippen molar-refractivity contribution in [1.29, 1.82) is 0 Å². The van der Waals surface area contributed by atoms with Gasteiger partial charge in [-0.3, -0.25) is 14.6 Å². The van der Waals surface area contributed by atoms with Gasteiger partial charge in [0.25, 0.3) is 15.9 Å². The molecule has 0 unspecified atom stereocenters. The highest BCUT2D eigenvalue weighted by molar-refractivity contribution is 7.92. The summed E-state index contributed by atoms with van der Waals surface area (Å²) >= 11 is 0. The van der Waals surface area contributed by atoms with Gasteiger partial charge in [0.1, 0.15) is 22.9 Å². The van der Waals surface area contributed by atoms with Gasteiger partial charge in [-0.1, -0.05) is 36.4 Å². The minimum atomic E-state index is -3.71. The Bertz CT molecular complexity index is 1300. The summed E-state index contributed by atoms with van der Waals surface area (Å²) in [5.41, 5.74) is 7.04. The van der Waals surface area contributed by atoms with E-state index >= 15 is 0 Å². The fourth-order valence-corrected chi connectivity index (χ4v) is 4.04. The Hall–Kier alpha value is -4.18. The molecule has 0 fully saturated rings. The largest absolute Gasteiger partial charge is 0.365 e. The van der Waals surface area contributed by atoms with Crippen LogP contribution >= 0.6 is 0 Å². The van der Waals surface area contributed by atoms with Crippen LogP contribution in [0.15, 0.2) is 83.9 Å². The molecule has 156 valence electrons. The number of hydrogen-bond acceptors (Lipinski definition) is 6. The molecule has 0 bridgehead atoms. The van der Waals surface area contributed by atoms with Gasteiger partial charge >= 0.3 is 0 Å². The molecule has 0 spiro atoms. The number of primary amides is 1. The van der Waals surface area contributed by atoms with Crippen molar-refractivity contribution >= 4 is 33.3 Å². The van der Waals surface area contributed by atoms with Crippen molar-refractivity contribution in [1.82, 2.24) is 15.2 Å². The molecule has 4 aromatic rings. The Balaban J connectivity index is 1.60. The van der Waals surface area contributed by atoms with Crippen molar-refractivity contribution in [2.75, 3.05) is 10.0 Å². The summed E-state index contributed by atoms with van der Waals surface area (Å²) in [7, 11) is -3.71. The molecule has 0 aliphatic heterocycles. The number of nitrogens with zero attached hydrogens (tertiary/aromatic N) is 2. The molecule has 31 heavy (non-hydrogen) atoms. The van der Waals surface area contributed by atoms with E-state index in [1.54, 1.807) is 66.9 Å². The molecule has 9 nitrogen and oxygen atoms in total. The third-order valence-corrected chi connectivity index (χ3v) is 5.79. The van der Waals surface area contributed by atoms with Crippen LogP contribution < -0.4 is 15.8 Å². The number of carbonyl (C=O) groups is 1. The SMILES string of the molecule is NC(=O)c1c(-c2ccc(NS(=O)(=O)c3ccccc3)cc2)n[nH]c1Nc1ccccn1. The first-order chi connectivity index (χ1) is 14.9. The number of benzene rings is 2. The number of carbonyl (C=O) groups excluding carboxylic acids is 1. The smallest absolute Gasteiger partial charge is 0.261 e. The molecule has 0 aliphatic carbocycles. The number of aromatic nitrogens is 3. The minimum absolute atomic E-state index is 0.160. The summed E-state index contributed by atoms with van der Waals surface area (Å²) in [5, 5.41) is 9.95. The third-order valence-electron chi connectivity index (χ3n) is 4.39. The van der Waals surface area contributed by atoms with E-state index in [1.165, 1.54) is 12.1 Å². The van der Waals surface area contributed by atoms with E-state index in [0.717, 1.165) is 0 Å². The molecule has 2 aromatic heterocycles. The fraction of sp³-hybridized carbons (Fsp3) is 0. The minimum Gasteiger partial charge on any atom is -0.365 e. The van der Waals surface area contributed by atoms with Crippen LogP contribution in [0.25, 0.3) is 11.3 Å². The van der Waals surface area contributed by atoms with Gasteiger partial charge in [-0.25, -0.2) is 13.4 Å². The molecule has 0 atom stereocenters. The zero-order valence-corrected chi connectivity index (χ0v) is 16.9. The van der Waals surface area contributed by atoms with Crippen LogP contribution in [-0.2, 0) is 10.0 Å². The molecule has 10 heteroatoms. The first kappa shape index (κ1) is 20.1. The van der Waals surface area contributed by atoms with E-state index in [0.29, 0.717) is 28.6 Å². The molecule has 0 saturated heterocycles. The second kappa shape index (κ2) is 8.28. The number of amides is 1. The van der Waals surface area contributed by atoms with E-state index in [1.807, 2.05) is 0 Å². The van der Waals surface area contributed by atoms with Crippen LogP contribution in [0.5, 0.6) is 0 Å². The first-order valence-corrected chi connectivity index (χ1v) is 10.7. The lowest BCUT2D eigenvalue weighted by molar-refractivity contribution is 0.100. The van der Waals surface area contributed by atoms with E-state index in [2.05, 4.69) is 25.2 Å². The van der Waals surface area contributed by atoms with Crippen LogP contribution in [0, 0.1) is 0 Å². The fourth-order valence-electron chi connectivity index (χ4n) is 2.96. The second-order valence-corrected chi connectivity index (χ2v) is 8.20. The Labute approximate surface area is 178 Å². The van der Waals surface area contributed by atoms with E-state index in [-0.39, 0.29) is 10.5 Å². The normalized spacial score (nSPS) is 11.1. The molecule has 2 aromatic carbocycles. The molecule has 0 aliphatic rings. The monoisotopic (exact) mass is 434 g/mol. The van der Waals surface area contributed by atoms with E-state index in [9.17, 15) is 13.2 Å². The van der Waals surface area contributed by atoms with Gasteiger partial charge < -0.3 is 11.1 Å². The molecule has 1 amide bonds. The van der Waals surface area contributed by atoms with Gasteiger partial charge in [0.2, 0.25) is 0 Å². The van der Waals surface area contributed by atoms with Crippen LogP contribution in [0.4, 0.5) is 17.3 Å². The summed E-state index contributed by atoms with van der Waals surface area (Å²) in [5.74, 6) is 0.164. The molecular formula is C21H18N6O3S. The average Bonchev–Trinajstić information content (AvgIpc) is 3.19. The summed E-state index contributed by atoms with van der Waals surface area (Å²) < 4.78 is 27.5. The van der Waals surface area contributed by atoms with Crippen molar-refractivity contribution in [2.24, 2.45) is 5.73 Å². The number of hydrogen-bond donors (Lipinski definition) is 4. The summed E-state index contributed by atoms with van der Waals surface area (Å²) in [6, 6.07) is 19.8. The quantitative estimate of drug-likeness (QED) is 0.352. The molecule has 5 N–H and O–H groups in total. The lowest BCUT2D eigenvalue weighted by Gasteiger charge is -2.09. The van der Waals surface area contributed by atoms with E-state index < -0.39 is 15.9 Å². The Morgan fingerprint density at radius 1 is 0.935 bits per heavy atom. The van der Waals surface area contributed by atoms with Gasteiger partial charge in [0, 0.05) is 17.4 Å². The summed E-state index contributed by atoms with van der Waals surface area (Å²) in [4.78, 5) is 16.4. The Kier molecular flexibility index (Phi) is 5.37. The Morgan fingerprint density at radius 2 is 1.65 bits per heavy atom. The zero-order valence-electron chi connectivity index (χ0n) is 16.1. The number of aromatic amines is 1. The second-order valence-electron chi connectivity index (χ2n) is 6.52. The van der Waals surface area contributed by atoms with Crippen molar-refractivity contribution in [2.45, 2.75) is 4.90 Å². The lowest BCUT2D eigenvalue weighted by Crippen LogP contribution is -2.14. The van der Waals surface area contributed by atoms with Crippen molar-refractivity contribution in [3.05, 3.63) is 84.6 Å². The average molecular weight is 434 g/mol. The maximum absolute atomic E-state index is 12.5. The Morgan fingerprint density at radius 3 is 2.29 bits per heavy atom. The number of rotatable bonds is 7. The number of H-pyrrole nitrogens is 1. The number of anilines is 3. The number of pyridine rings is 1. The predicted octanol–water partition coefficient (Wildman–Crippen LogP) is 3.12. The standard InChI is InChI=1S/C21H18N6O3S/c22-20(28)18-19(25-26-21(18)24-17-8-4-5-13-23-17)14-9-11-15(12-10-14)27-31(29,30)16-6-2-1-3-7-16/h1-13,27H,(H2,22,28)(H2,23,24,25,26). The van der Waals surface area contributed by atoms with Gasteiger partial charge in [-0.05, 0) is 36.4 Å². The number of nitrogens with one attached hydrogen (secondary N) is 3. The topological polar surface area (TPSA) is 143 Å². The summed E-state index contributed by atoms with van der Waals surface area (Å²) in [6.07, 6.45) is 1.61. The zero-order chi connectivity index (χ0) is 21.8. The van der Waals surface area contributed by atoms with Crippen LogP contribution in [0.2, 0.25) is 0 Å². The van der Waals surface area contributed by atoms with Crippen LogP contribution in [0.3, 0.4) is 0 Å². The third kappa shape index (κ3) is 4.38. The van der Waals surface area contributed by atoms with Gasteiger partial charge in [-0.15, -0.1) is 0 Å². The number of nitrogens with two attached hydrogens (primary N) is 1. The first-order valence-electron chi connectivity index (χ1n) is 9.18. The molecule has 2 heterocycles. The van der Waals surface area contributed by atoms with Gasteiger partial charge in [-0.2, -0.15) is 5.10 Å². The molecule has 0 saturated carbocycles. The van der Waals surface area contributed by atoms with Crippen molar-refractivity contribution in [3.8, 4) is 11.3 Å². The molecular weight excluding hydrogens is 416 g/mol. The van der Waals surface area contributed by atoms with Crippen molar-refractivity contribution in [3.63, 3.8) is 0 Å². The maximum Gasteiger partial charge on any atom is 0.261 e. The molecule has 0 radical (unpaired) electrons. The van der Waals surface area contributed by atoms with E-state index in [4.69, 9.17) is 5.73 Å². The van der Waals surface area contributed by atoms with Gasteiger partial charge in [0.05, 0.1) is 4.90 Å². The van der Waals surface area contributed by atoms with Crippen LogP contribution in [0.1, 0.15) is 10.4 Å². The highest BCUT2D eigenvalue weighted by atomic mass is 32.2. The van der Waals surface area contributed by atoms with Crippen LogP contribution in [-0.4, -0.2) is 29.5 Å². The summed E-state index contributed by atoms with van der Waals surface area (Å²) in [6.45, 7) is 0. The lowest BCUT2D eigenvalue weighted by atomic mass is 10.1. The highest BCUT2D eigenvalue weighted by Crippen LogP contribution is 2.29. The van der Waals surface area contributed by atoms with Gasteiger partial charge in [0.15, 0.2) is 0 Å². The highest BCUT2D eigenvalue weighted by Gasteiger charge is 2.20. The molecule has 4 rings (SSSR count). The number of sulfonamides is 1. The predicted molar refractivity (Wildman–Crippen MR) is 117 cm³/mol. The maximum atomic E-state index is 12.5. The van der Waals surface area contributed by atoms with Crippen molar-refractivity contribution < 1.29 is 13.2 Å².